The molecule has 26 heavy (non-hydrogen) atoms. The summed E-state index contributed by atoms with van der Waals surface area (Å²) in [5, 5.41) is 10.0. The number of aromatic nitrogens is 2. The first kappa shape index (κ1) is 17.9. The third kappa shape index (κ3) is 3.70. The molecule has 2 aromatic rings. The Hall–Kier alpha value is -2.87. The molecule has 1 aromatic carbocycles. The fourth-order valence-corrected chi connectivity index (χ4v) is 3.25. The van der Waals surface area contributed by atoms with Crippen molar-refractivity contribution in [2.24, 2.45) is 5.92 Å². The van der Waals surface area contributed by atoms with Gasteiger partial charge in [-0.15, -0.1) is 0 Å². The molecule has 0 spiro atoms. The number of amides is 1. The van der Waals surface area contributed by atoms with Crippen LogP contribution in [0.3, 0.4) is 0 Å². The van der Waals surface area contributed by atoms with E-state index in [1.807, 2.05) is 0 Å². The molecule has 2 heterocycles. The molecule has 1 aliphatic rings. The van der Waals surface area contributed by atoms with Gasteiger partial charge in [-0.1, -0.05) is 23.7 Å². The Morgan fingerprint density at radius 2 is 1.85 bits per heavy atom. The predicted molar refractivity (Wildman–Crippen MR) is 93.2 cm³/mol. The number of aliphatic carboxylic acids is 1. The molecule has 3 rings (SSSR count). The number of carboxylic acids is 1. The minimum Gasteiger partial charge on any atom is -0.481 e. The lowest BCUT2D eigenvalue weighted by Crippen LogP contribution is -2.37. The summed E-state index contributed by atoms with van der Waals surface area (Å²) in [6, 6.07) is 8.02. The predicted octanol–water partition coefficient (Wildman–Crippen LogP) is 0.517. The summed E-state index contributed by atoms with van der Waals surface area (Å²) in [6.45, 7) is 0.0182. The molecule has 0 aliphatic carbocycles. The van der Waals surface area contributed by atoms with E-state index in [1.54, 1.807) is 24.3 Å². The van der Waals surface area contributed by atoms with Crippen LogP contribution in [0.2, 0.25) is 5.02 Å². The number of hydrogen-bond acceptors (Lipinski definition) is 4. The highest BCUT2D eigenvalue weighted by Crippen LogP contribution is 2.33. The number of likely N-dealkylation sites (tertiary alicyclic amines) is 1. The molecular weight excluding hydrogens is 362 g/mol. The summed E-state index contributed by atoms with van der Waals surface area (Å²) >= 11 is 5.87. The number of halogens is 1. The standard InChI is InChI=1S/C17H16ClN3O5/c18-11-3-1-10(2-4-11)12-7-21(8-13(12)16(24)25)15(23)9-20-6-5-14(22)19-17(20)26/h1-6,12-13H,7-9H2,(H,24,25)(H,19,22,26)/t12-,13+/m0/s1. The third-order valence-electron chi connectivity index (χ3n) is 4.49. The van der Waals surface area contributed by atoms with Crippen molar-refractivity contribution in [3.63, 3.8) is 0 Å². The second-order valence-corrected chi connectivity index (χ2v) is 6.58. The van der Waals surface area contributed by atoms with Crippen LogP contribution in [0.4, 0.5) is 0 Å². The fourth-order valence-electron chi connectivity index (χ4n) is 3.12. The summed E-state index contributed by atoms with van der Waals surface area (Å²) in [6.07, 6.45) is 1.24. The lowest BCUT2D eigenvalue weighted by molar-refractivity contribution is -0.141. The van der Waals surface area contributed by atoms with Crippen molar-refractivity contribution in [3.8, 4) is 0 Å². The van der Waals surface area contributed by atoms with Gasteiger partial charge in [-0.05, 0) is 17.7 Å². The van der Waals surface area contributed by atoms with Crippen LogP contribution in [-0.2, 0) is 16.1 Å². The Morgan fingerprint density at radius 1 is 1.15 bits per heavy atom. The van der Waals surface area contributed by atoms with Crippen molar-refractivity contribution in [2.75, 3.05) is 13.1 Å². The average Bonchev–Trinajstić information content (AvgIpc) is 3.04. The Bertz CT molecular complexity index is 950. The number of carboxylic acid groups (broad SMARTS) is 1. The number of nitrogens with zero attached hydrogens (tertiary/aromatic N) is 2. The van der Waals surface area contributed by atoms with Gasteiger partial charge in [0.1, 0.15) is 6.54 Å². The highest BCUT2D eigenvalue weighted by Gasteiger charge is 2.40. The van der Waals surface area contributed by atoms with E-state index in [1.165, 1.54) is 11.1 Å². The zero-order valence-corrected chi connectivity index (χ0v) is 14.3. The van der Waals surface area contributed by atoms with Crippen molar-refractivity contribution in [1.29, 1.82) is 0 Å². The van der Waals surface area contributed by atoms with E-state index >= 15 is 0 Å². The summed E-state index contributed by atoms with van der Waals surface area (Å²) in [5.74, 6) is -2.48. The van der Waals surface area contributed by atoms with Gasteiger partial charge < -0.3 is 10.0 Å². The van der Waals surface area contributed by atoms with Crippen LogP contribution < -0.4 is 11.2 Å². The molecular formula is C17H16ClN3O5. The van der Waals surface area contributed by atoms with Gasteiger partial charge in [0, 0.05) is 36.3 Å². The molecule has 136 valence electrons. The van der Waals surface area contributed by atoms with Gasteiger partial charge >= 0.3 is 11.7 Å². The number of hydrogen-bond donors (Lipinski definition) is 2. The van der Waals surface area contributed by atoms with Gasteiger partial charge in [-0.3, -0.25) is 23.9 Å². The zero-order chi connectivity index (χ0) is 18.8. The van der Waals surface area contributed by atoms with Crippen LogP contribution in [0.25, 0.3) is 0 Å². The molecule has 0 radical (unpaired) electrons. The minimum atomic E-state index is -0.985. The minimum absolute atomic E-state index is 0.0551. The molecule has 0 unspecified atom stereocenters. The van der Waals surface area contributed by atoms with Crippen LogP contribution >= 0.6 is 11.6 Å². The second kappa shape index (κ2) is 7.17. The van der Waals surface area contributed by atoms with E-state index in [2.05, 4.69) is 4.98 Å². The fraction of sp³-hybridized carbons (Fsp3) is 0.294. The second-order valence-electron chi connectivity index (χ2n) is 6.14. The number of carbonyl (C=O) groups is 2. The number of aromatic amines is 1. The van der Waals surface area contributed by atoms with Crippen molar-refractivity contribution >= 4 is 23.5 Å². The van der Waals surface area contributed by atoms with Gasteiger partial charge in [-0.25, -0.2) is 4.79 Å². The van der Waals surface area contributed by atoms with Crippen molar-refractivity contribution < 1.29 is 14.7 Å². The summed E-state index contributed by atoms with van der Waals surface area (Å²) in [5.41, 5.74) is -0.444. The zero-order valence-electron chi connectivity index (χ0n) is 13.6. The molecule has 1 saturated heterocycles. The molecule has 0 bridgehead atoms. The number of nitrogens with one attached hydrogen (secondary N) is 1. The first-order valence-corrected chi connectivity index (χ1v) is 8.29. The Labute approximate surface area is 152 Å². The van der Waals surface area contributed by atoms with Crippen molar-refractivity contribution in [1.82, 2.24) is 14.5 Å². The highest BCUT2D eigenvalue weighted by atomic mass is 35.5. The Kier molecular flexibility index (Phi) is 4.94. The van der Waals surface area contributed by atoms with E-state index in [-0.39, 0.29) is 31.5 Å². The molecule has 8 nitrogen and oxygen atoms in total. The third-order valence-corrected chi connectivity index (χ3v) is 4.74. The molecule has 0 saturated carbocycles. The molecule has 1 amide bonds. The molecule has 2 N–H and O–H groups in total. The monoisotopic (exact) mass is 377 g/mol. The maximum atomic E-state index is 12.5. The van der Waals surface area contributed by atoms with Gasteiger partial charge in [0.05, 0.1) is 5.92 Å². The maximum absolute atomic E-state index is 12.5. The van der Waals surface area contributed by atoms with Gasteiger partial charge in [0.25, 0.3) is 5.56 Å². The maximum Gasteiger partial charge on any atom is 0.328 e. The number of rotatable bonds is 4. The largest absolute Gasteiger partial charge is 0.481 e. The van der Waals surface area contributed by atoms with Crippen LogP contribution in [0.5, 0.6) is 0 Å². The van der Waals surface area contributed by atoms with Gasteiger partial charge in [0.15, 0.2) is 0 Å². The highest BCUT2D eigenvalue weighted by molar-refractivity contribution is 6.30. The smallest absolute Gasteiger partial charge is 0.328 e. The van der Waals surface area contributed by atoms with E-state index < -0.39 is 23.1 Å². The molecule has 1 aromatic heterocycles. The molecule has 2 atom stereocenters. The van der Waals surface area contributed by atoms with Crippen molar-refractivity contribution in [3.05, 3.63) is 68.0 Å². The van der Waals surface area contributed by atoms with Crippen LogP contribution in [0, 0.1) is 5.92 Å². The summed E-state index contributed by atoms with van der Waals surface area (Å²) < 4.78 is 1.08. The van der Waals surface area contributed by atoms with Gasteiger partial charge in [0.2, 0.25) is 5.91 Å². The van der Waals surface area contributed by atoms with Crippen LogP contribution in [0.1, 0.15) is 11.5 Å². The van der Waals surface area contributed by atoms with E-state index in [4.69, 9.17) is 11.6 Å². The Balaban J connectivity index is 1.79. The van der Waals surface area contributed by atoms with Crippen molar-refractivity contribution in [2.45, 2.75) is 12.5 Å². The first-order chi connectivity index (χ1) is 12.3. The molecule has 9 heteroatoms. The lowest BCUT2D eigenvalue weighted by Gasteiger charge is -2.17. The summed E-state index contributed by atoms with van der Waals surface area (Å²) in [7, 11) is 0. The number of carbonyl (C=O) groups excluding carboxylic acids is 1. The molecule has 1 fully saturated rings. The van der Waals surface area contributed by atoms with Gasteiger partial charge in [-0.2, -0.15) is 0 Å². The number of benzene rings is 1. The lowest BCUT2D eigenvalue weighted by atomic mass is 9.89. The van der Waals surface area contributed by atoms with E-state index in [9.17, 15) is 24.3 Å². The SMILES string of the molecule is O=C(O)[C@@H]1CN(C(=O)Cn2ccc(=O)[nH]c2=O)C[C@H]1c1ccc(Cl)cc1. The first-order valence-electron chi connectivity index (χ1n) is 7.91. The van der Waals surface area contributed by atoms with E-state index in [0.717, 1.165) is 16.2 Å². The Morgan fingerprint density at radius 3 is 2.46 bits per heavy atom. The summed E-state index contributed by atoms with van der Waals surface area (Å²) in [4.78, 5) is 50.4. The quantitative estimate of drug-likeness (QED) is 0.806. The van der Waals surface area contributed by atoms with E-state index in [0.29, 0.717) is 5.02 Å². The number of H-pyrrole nitrogens is 1. The normalized spacial score (nSPS) is 19.5. The average molecular weight is 378 g/mol. The topological polar surface area (TPSA) is 112 Å². The molecule has 1 aliphatic heterocycles. The van der Waals surface area contributed by atoms with Crippen LogP contribution in [-0.4, -0.2) is 44.5 Å². The van der Waals surface area contributed by atoms with Crippen LogP contribution in [0.15, 0.2) is 46.1 Å².